The fourth-order valence-corrected chi connectivity index (χ4v) is 5.65. The van der Waals surface area contributed by atoms with Crippen LogP contribution >= 0.6 is 0 Å². The third-order valence-electron chi connectivity index (χ3n) is 7.64. The minimum absolute atomic E-state index is 0.00702. The van der Waals surface area contributed by atoms with Crippen molar-refractivity contribution in [2.24, 2.45) is 0 Å². The monoisotopic (exact) mass is 497 g/mol. The summed E-state index contributed by atoms with van der Waals surface area (Å²) in [5.74, 6) is -1.83. The van der Waals surface area contributed by atoms with Crippen molar-refractivity contribution in [3.63, 3.8) is 0 Å². The number of anilines is 1. The predicted octanol–water partition coefficient (Wildman–Crippen LogP) is 4.53. The molecule has 0 unspecified atom stereocenters. The number of carbonyl (C=O) groups excluding carboxylic acids is 3. The van der Waals surface area contributed by atoms with E-state index in [0.29, 0.717) is 36.0 Å². The van der Waals surface area contributed by atoms with Crippen LogP contribution in [0.25, 0.3) is 0 Å². The molecule has 1 amide bonds. The zero-order valence-corrected chi connectivity index (χ0v) is 21.0. The number of esters is 2. The van der Waals surface area contributed by atoms with Crippen molar-refractivity contribution in [2.75, 3.05) is 31.6 Å². The van der Waals surface area contributed by atoms with Gasteiger partial charge in [0.2, 0.25) is 0 Å². The van der Waals surface area contributed by atoms with Crippen LogP contribution < -0.4 is 5.32 Å². The Kier molecular flexibility index (Phi) is 7.73. The van der Waals surface area contributed by atoms with E-state index in [9.17, 15) is 18.8 Å². The Balaban J connectivity index is 1.57. The molecule has 2 fully saturated rings. The van der Waals surface area contributed by atoms with Crippen LogP contribution in [0.3, 0.4) is 0 Å². The highest BCUT2D eigenvalue weighted by atomic mass is 19.1. The minimum atomic E-state index is -0.797. The molecule has 1 heterocycles. The number of ether oxygens (including phenoxy) is 2. The number of amides is 1. The number of carbonyl (C=O) groups is 3. The molecule has 2 aliphatic rings. The van der Waals surface area contributed by atoms with Gasteiger partial charge in [-0.3, -0.25) is 4.79 Å². The molecule has 2 aromatic carbocycles. The van der Waals surface area contributed by atoms with Gasteiger partial charge < -0.3 is 19.3 Å². The van der Waals surface area contributed by atoms with Crippen LogP contribution in [-0.2, 0) is 25.7 Å². The first kappa shape index (κ1) is 25.8. The van der Waals surface area contributed by atoms with E-state index in [2.05, 4.69) is 5.32 Å². The lowest BCUT2D eigenvalue weighted by molar-refractivity contribution is -0.955. The zero-order chi connectivity index (χ0) is 25.8. The van der Waals surface area contributed by atoms with Gasteiger partial charge in [0.1, 0.15) is 12.4 Å². The van der Waals surface area contributed by atoms with E-state index < -0.39 is 17.3 Å². The van der Waals surface area contributed by atoms with Crippen molar-refractivity contribution < 1.29 is 32.7 Å². The highest BCUT2D eigenvalue weighted by molar-refractivity contribution is 6.05. The van der Waals surface area contributed by atoms with Crippen molar-refractivity contribution in [3.05, 3.63) is 65.0 Å². The average molecular weight is 498 g/mol. The molecule has 36 heavy (non-hydrogen) atoms. The molecule has 1 aliphatic heterocycles. The van der Waals surface area contributed by atoms with E-state index in [1.165, 1.54) is 6.07 Å². The number of quaternary nitrogens is 1. The average Bonchev–Trinajstić information content (AvgIpc) is 3.28. The number of hydrogen-bond donors (Lipinski definition) is 1. The second-order valence-corrected chi connectivity index (χ2v) is 9.81. The normalized spacial score (nSPS) is 17.6. The van der Waals surface area contributed by atoms with Gasteiger partial charge in [-0.1, -0.05) is 30.3 Å². The molecular weight excluding hydrogens is 463 g/mol. The van der Waals surface area contributed by atoms with E-state index in [1.54, 1.807) is 13.8 Å². The summed E-state index contributed by atoms with van der Waals surface area (Å²) in [5, 5.41) is 2.95. The smallest absolute Gasteiger partial charge is 0.362 e. The van der Waals surface area contributed by atoms with Crippen LogP contribution in [-0.4, -0.2) is 54.1 Å². The van der Waals surface area contributed by atoms with Gasteiger partial charge in [-0.15, -0.1) is 0 Å². The van der Waals surface area contributed by atoms with Gasteiger partial charge in [0.05, 0.1) is 30.9 Å². The van der Waals surface area contributed by atoms with Crippen molar-refractivity contribution in [2.45, 2.75) is 58.1 Å². The Hall–Kier alpha value is -3.26. The van der Waals surface area contributed by atoms with Gasteiger partial charge in [0.25, 0.3) is 5.91 Å². The Morgan fingerprint density at radius 3 is 2.33 bits per heavy atom. The molecular formula is C28H34FN2O5+. The van der Waals surface area contributed by atoms with Crippen molar-refractivity contribution in [3.8, 4) is 0 Å². The quantitative estimate of drug-likeness (QED) is 0.407. The maximum Gasteiger partial charge on any atom is 0.362 e. The minimum Gasteiger partial charge on any atom is -0.462 e. The van der Waals surface area contributed by atoms with Crippen molar-refractivity contribution in [1.29, 1.82) is 0 Å². The highest BCUT2D eigenvalue weighted by Crippen LogP contribution is 2.47. The van der Waals surface area contributed by atoms with Gasteiger partial charge in [0, 0.05) is 25.7 Å². The molecule has 1 saturated heterocycles. The maximum atomic E-state index is 14.1. The van der Waals surface area contributed by atoms with Crippen LogP contribution in [0.2, 0.25) is 0 Å². The van der Waals surface area contributed by atoms with Crippen molar-refractivity contribution >= 4 is 23.5 Å². The lowest BCUT2D eigenvalue weighted by Gasteiger charge is -2.54. The third-order valence-corrected chi connectivity index (χ3v) is 7.64. The van der Waals surface area contributed by atoms with E-state index in [0.717, 1.165) is 30.9 Å². The highest BCUT2D eigenvalue weighted by Gasteiger charge is 2.62. The number of likely N-dealkylation sites (tertiary alicyclic amines) is 1. The summed E-state index contributed by atoms with van der Waals surface area (Å²) in [6, 6.07) is 11.9. The zero-order valence-electron chi connectivity index (χ0n) is 21.0. The number of nitrogens with zero attached hydrogens (tertiary/aromatic N) is 1. The largest absolute Gasteiger partial charge is 0.462 e. The Bertz CT molecular complexity index is 1120. The summed E-state index contributed by atoms with van der Waals surface area (Å²) < 4.78 is 25.2. The van der Waals surface area contributed by atoms with Gasteiger partial charge in [-0.25, -0.2) is 14.0 Å². The van der Waals surface area contributed by atoms with Gasteiger partial charge >= 0.3 is 11.9 Å². The fourth-order valence-electron chi connectivity index (χ4n) is 5.65. The lowest BCUT2D eigenvalue weighted by atomic mass is 9.72. The number of rotatable bonds is 9. The molecule has 0 spiro atoms. The molecule has 4 rings (SSSR count). The van der Waals surface area contributed by atoms with Gasteiger partial charge in [-0.05, 0) is 43.5 Å². The number of aryl methyl sites for hydroxylation is 1. The molecule has 1 N–H and O–H groups in total. The van der Waals surface area contributed by atoms with E-state index >= 15 is 0 Å². The molecule has 7 nitrogen and oxygen atoms in total. The van der Waals surface area contributed by atoms with Crippen molar-refractivity contribution in [1.82, 2.24) is 0 Å². The summed E-state index contributed by atoms with van der Waals surface area (Å²) in [7, 11) is 0. The van der Waals surface area contributed by atoms with E-state index in [-0.39, 0.29) is 42.9 Å². The SMILES string of the molecule is CCOC(=O)c1cc(F)cc(C)c1NC(=O)C1([N+]2(CC(=O)OCc3ccccc3)CCCC2)CCC1. The first-order valence-corrected chi connectivity index (χ1v) is 12.6. The molecule has 0 aromatic heterocycles. The standard InChI is InChI=1S/C28H33FN2O5/c1-3-35-26(33)23-17-22(29)16-20(2)25(23)30-27(34)28(12-9-13-28)31(14-7-8-15-31)18-24(32)36-19-21-10-5-4-6-11-21/h4-6,10-11,16-17H,3,7-9,12-15,18-19H2,1-2H3/p+1. The Morgan fingerprint density at radius 2 is 1.72 bits per heavy atom. The molecule has 1 saturated carbocycles. The predicted molar refractivity (Wildman–Crippen MR) is 133 cm³/mol. The summed E-state index contributed by atoms with van der Waals surface area (Å²) in [5.41, 5.74) is 0.807. The molecule has 0 atom stereocenters. The molecule has 8 heteroatoms. The van der Waals surface area contributed by atoms with Crippen LogP contribution in [0.15, 0.2) is 42.5 Å². The number of benzene rings is 2. The lowest BCUT2D eigenvalue weighted by Crippen LogP contribution is -2.72. The van der Waals surface area contributed by atoms with Crippen LogP contribution in [0.5, 0.6) is 0 Å². The van der Waals surface area contributed by atoms with Crippen LogP contribution in [0.4, 0.5) is 10.1 Å². The molecule has 0 bridgehead atoms. The second-order valence-electron chi connectivity index (χ2n) is 9.81. The third kappa shape index (κ3) is 5.00. The number of halogens is 1. The summed E-state index contributed by atoms with van der Waals surface area (Å²) >= 11 is 0. The maximum absolute atomic E-state index is 14.1. The number of hydrogen-bond acceptors (Lipinski definition) is 5. The number of nitrogens with one attached hydrogen (secondary N) is 1. The first-order chi connectivity index (χ1) is 17.3. The van der Waals surface area contributed by atoms with Gasteiger partial charge in [-0.2, -0.15) is 0 Å². The first-order valence-electron chi connectivity index (χ1n) is 12.6. The fraction of sp³-hybridized carbons (Fsp3) is 0.464. The summed E-state index contributed by atoms with van der Waals surface area (Å²) in [4.78, 5) is 39.4. The summed E-state index contributed by atoms with van der Waals surface area (Å²) in [6.07, 6.45) is 3.99. The molecule has 2 aromatic rings. The van der Waals surface area contributed by atoms with E-state index in [1.807, 2.05) is 30.3 Å². The summed E-state index contributed by atoms with van der Waals surface area (Å²) in [6.45, 7) is 5.18. The van der Waals surface area contributed by atoms with E-state index in [4.69, 9.17) is 9.47 Å². The van der Waals surface area contributed by atoms with Gasteiger partial charge in [0.15, 0.2) is 12.1 Å². The topological polar surface area (TPSA) is 81.7 Å². The molecule has 1 aliphatic carbocycles. The van der Waals surface area contributed by atoms with Crippen LogP contribution in [0, 0.1) is 12.7 Å². The van der Waals surface area contributed by atoms with Crippen LogP contribution in [0.1, 0.15) is 60.5 Å². The Labute approximate surface area is 211 Å². The second kappa shape index (κ2) is 10.8. The molecule has 192 valence electrons. The molecule has 0 radical (unpaired) electrons. The Morgan fingerprint density at radius 1 is 1.03 bits per heavy atom.